The molecule has 34 heavy (non-hydrogen) atoms. The minimum absolute atomic E-state index is 0.149. The van der Waals surface area contributed by atoms with Gasteiger partial charge in [-0.3, -0.25) is 9.59 Å². The molecule has 5 heteroatoms. The van der Waals surface area contributed by atoms with Gasteiger partial charge in [-0.05, 0) is 37.1 Å². The minimum Gasteiger partial charge on any atom is -0.461 e. The van der Waals surface area contributed by atoms with Gasteiger partial charge in [-0.1, -0.05) is 74.2 Å². The van der Waals surface area contributed by atoms with E-state index in [1.807, 2.05) is 86.7 Å². The molecule has 174 valence electrons. The van der Waals surface area contributed by atoms with E-state index in [-0.39, 0.29) is 29.8 Å². The Hall–Kier alpha value is -3.86. The van der Waals surface area contributed by atoms with E-state index in [0.29, 0.717) is 35.6 Å². The molecule has 1 fully saturated rings. The molecule has 1 amide bonds. The average Bonchev–Trinajstić information content (AvgIpc) is 3.09. The van der Waals surface area contributed by atoms with E-state index in [2.05, 4.69) is 11.9 Å². The van der Waals surface area contributed by atoms with Gasteiger partial charge >= 0.3 is 5.97 Å². The fourth-order valence-corrected chi connectivity index (χ4v) is 4.38. The van der Waals surface area contributed by atoms with Gasteiger partial charge in [-0.25, -0.2) is 0 Å². The van der Waals surface area contributed by atoms with E-state index in [1.165, 1.54) is 0 Å². The summed E-state index contributed by atoms with van der Waals surface area (Å²) in [5.74, 6) is 0.461. The minimum atomic E-state index is -0.286. The van der Waals surface area contributed by atoms with E-state index in [0.717, 1.165) is 11.1 Å². The lowest BCUT2D eigenvalue weighted by Gasteiger charge is -2.24. The van der Waals surface area contributed by atoms with Gasteiger partial charge in [0, 0.05) is 23.6 Å². The number of nitrogens with one attached hydrogen (secondary N) is 1. The summed E-state index contributed by atoms with van der Waals surface area (Å²) in [7, 11) is 0. The molecule has 0 saturated carbocycles. The van der Waals surface area contributed by atoms with Gasteiger partial charge in [0.2, 0.25) is 0 Å². The van der Waals surface area contributed by atoms with Crippen LogP contribution in [-0.4, -0.2) is 24.5 Å². The first-order valence-corrected chi connectivity index (χ1v) is 11.5. The normalized spacial score (nSPS) is 20.6. The van der Waals surface area contributed by atoms with Crippen LogP contribution in [0.2, 0.25) is 0 Å². The third-order valence-corrected chi connectivity index (χ3v) is 6.17. The average molecular weight is 456 g/mol. The van der Waals surface area contributed by atoms with Crippen molar-refractivity contribution in [1.29, 1.82) is 0 Å². The Bertz CT molecular complexity index is 1180. The van der Waals surface area contributed by atoms with E-state index in [1.54, 1.807) is 6.08 Å². The maximum Gasteiger partial charge on any atom is 0.309 e. The largest absolute Gasteiger partial charge is 0.461 e. The van der Waals surface area contributed by atoms with Crippen LogP contribution >= 0.6 is 0 Å². The Kier molecular flexibility index (Phi) is 7.12. The molecule has 1 saturated heterocycles. The number of carbonyl (C=O) groups excluding carboxylic acids is 2. The van der Waals surface area contributed by atoms with Crippen molar-refractivity contribution in [3.63, 3.8) is 0 Å². The molecule has 2 aromatic carbocycles. The standard InChI is InChI=1S/C29H29NO4/c1-4-11-22-23(17-21-14-9-10-15-26(21)33-25(22)5-2)28(31)30-18-24(20-12-7-6-8-13-20)27-16-19(3)29(32)34-27/h4-15,17,19,24,27H,2,16,18H2,1,3H3,(H,30,31)/t19-,24-,27?/m1/s1. The van der Waals surface area contributed by atoms with Crippen molar-refractivity contribution in [1.82, 2.24) is 5.32 Å². The topological polar surface area (TPSA) is 64.6 Å². The summed E-state index contributed by atoms with van der Waals surface area (Å²) in [6.07, 6.45) is 7.51. The van der Waals surface area contributed by atoms with Crippen LogP contribution in [0.4, 0.5) is 0 Å². The highest BCUT2D eigenvalue weighted by Gasteiger charge is 2.37. The quantitative estimate of drug-likeness (QED) is 0.573. The van der Waals surface area contributed by atoms with E-state index in [4.69, 9.17) is 9.47 Å². The predicted molar refractivity (Wildman–Crippen MR) is 133 cm³/mol. The fourth-order valence-electron chi connectivity index (χ4n) is 4.38. The van der Waals surface area contributed by atoms with Gasteiger partial charge in [0.1, 0.15) is 17.6 Å². The number of hydrogen-bond donors (Lipinski definition) is 1. The molecule has 0 bridgehead atoms. The van der Waals surface area contributed by atoms with Gasteiger partial charge < -0.3 is 14.8 Å². The molecule has 3 atom stereocenters. The number of carbonyl (C=O) groups is 2. The molecule has 4 rings (SSSR count). The Morgan fingerprint density at radius 2 is 1.91 bits per heavy atom. The lowest BCUT2D eigenvalue weighted by Crippen LogP contribution is -2.34. The number of fused-ring (bicyclic) bond motifs is 1. The SMILES string of the molecule is C=CC1=C(C=CC)C(C(=O)NC[C@H](c2ccccc2)C2C[C@@H](C)C(=O)O2)=Cc2ccccc2O1. The Morgan fingerprint density at radius 3 is 2.59 bits per heavy atom. The summed E-state index contributed by atoms with van der Waals surface area (Å²) in [6, 6.07) is 17.4. The summed E-state index contributed by atoms with van der Waals surface area (Å²) in [6.45, 7) is 7.98. The van der Waals surface area contributed by atoms with Gasteiger partial charge in [-0.15, -0.1) is 0 Å². The third-order valence-electron chi connectivity index (χ3n) is 6.17. The zero-order chi connectivity index (χ0) is 24.1. The highest BCUT2D eigenvalue weighted by molar-refractivity contribution is 6.04. The van der Waals surface area contributed by atoms with Crippen molar-refractivity contribution in [3.8, 4) is 5.75 Å². The second-order valence-corrected chi connectivity index (χ2v) is 8.52. The van der Waals surface area contributed by atoms with Crippen molar-refractivity contribution >= 4 is 18.0 Å². The van der Waals surface area contributed by atoms with Gasteiger partial charge in [0.15, 0.2) is 0 Å². The van der Waals surface area contributed by atoms with Gasteiger partial charge in [0.05, 0.1) is 11.5 Å². The number of amides is 1. The van der Waals surface area contributed by atoms with Crippen LogP contribution in [0.1, 0.15) is 37.3 Å². The van der Waals surface area contributed by atoms with Gasteiger partial charge in [0.25, 0.3) is 5.91 Å². The van der Waals surface area contributed by atoms with E-state index in [9.17, 15) is 9.59 Å². The third kappa shape index (κ3) is 4.88. The zero-order valence-corrected chi connectivity index (χ0v) is 19.5. The number of para-hydroxylation sites is 1. The first-order chi connectivity index (χ1) is 16.5. The molecule has 1 unspecified atom stereocenters. The summed E-state index contributed by atoms with van der Waals surface area (Å²) in [5.41, 5.74) is 2.98. The molecule has 2 aliphatic heterocycles. The number of esters is 1. The monoisotopic (exact) mass is 455 g/mol. The first-order valence-electron chi connectivity index (χ1n) is 11.5. The lowest BCUT2D eigenvalue weighted by molar-refractivity contribution is -0.144. The van der Waals surface area contributed by atoms with Crippen LogP contribution < -0.4 is 10.1 Å². The maximum absolute atomic E-state index is 13.5. The summed E-state index contributed by atoms with van der Waals surface area (Å²) in [5, 5.41) is 3.09. The highest BCUT2D eigenvalue weighted by Crippen LogP contribution is 2.34. The summed E-state index contributed by atoms with van der Waals surface area (Å²) < 4.78 is 11.7. The predicted octanol–water partition coefficient (Wildman–Crippen LogP) is 5.33. The molecular weight excluding hydrogens is 426 g/mol. The molecule has 0 radical (unpaired) electrons. The molecule has 1 N–H and O–H groups in total. The first kappa shape index (κ1) is 23.3. The summed E-state index contributed by atoms with van der Waals surface area (Å²) in [4.78, 5) is 25.6. The number of ether oxygens (including phenoxy) is 2. The Morgan fingerprint density at radius 1 is 1.18 bits per heavy atom. The van der Waals surface area contributed by atoms with Crippen molar-refractivity contribution < 1.29 is 19.1 Å². The number of benzene rings is 2. The van der Waals surface area contributed by atoms with Crippen LogP contribution in [-0.2, 0) is 14.3 Å². The molecule has 0 aliphatic carbocycles. The van der Waals surface area contributed by atoms with Crippen LogP contribution in [0.25, 0.3) is 6.08 Å². The molecule has 0 spiro atoms. The van der Waals surface area contributed by atoms with Crippen LogP contribution in [0.5, 0.6) is 5.75 Å². The number of cyclic esters (lactones) is 1. The van der Waals surface area contributed by atoms with Crippen molar-refractivity contribution in [2.75, 3.05) is 6.54 Å². The number of rotatable bonds is 7. The van der Waals surface area contributed by atoms with Crippen molar-refractivity contribution in [2.24, 2.45) is 5.92 Å². The second kappa shape index (κ2) is 10.4. The van der Waals surface area contributed by atoms with Crippen LogP contribution in [0, 0.1) is 5.92 Å². The smallest absolute Gasteiger partial charge is 0.309 e. The lowest BCUT2D eigenvalue weighted by atomic mass is 9.89. The van der Waals surface area contributed by atoms with E-state index >= 15 is 0 Å². The molecule has 2 aromatic rings. The molecule has 2 heterocycles. The Balaban J connectivity index is 1.64. The van der Waals surface area contributed by atoms with Crippen LogP contribution in [0.3, 0.4) is 0 Å². The maximum atomic E-state index is 13.5. The Labute approximate surface area is 200 Å². The fraction of sp³-hybridized carbons (Fsp3) is 0.241. The number of hydrogen-bond acceptors (Lipinski definition) is 4. The van der Waals surface area contributed by atoms with Crippen LogP contribution in [0.15, 0.2) is 96.3 Å². The molecule has 5 nitrogen and oxygen atoms in total. The van der Waals surface area contributed by atoms with Crippen molar-refractivity contribution in [3.05, 3.63) is 107 Å². The molecule has 2 aliphatic rings. The summed E-state index contributed by atoms with van der Waals surface area (Å²) >= 11 is 0. The van der Waals surface area contributed by atoms with Gasteiger partial charge in [-0.2, -0.15) is 0 Å². The number of allylic oxidation sites excluding steroid dienone is 3. The molecular formula is C29H29NO4. The molecule has 0 aromatic heterocycles. The second-order valence-electron chi connectivity index (χ2n) is 8.52. The zero-order valence-electron chi connectivity index (χ0n) is 19.5. The highest BCUT2D eigenvalue weighted by atomic mass is 16.6. The van der Waals surface area contributed by atoms with E-state index < -0.39 is 0 Å². The van der Waals surface area contributed by atoms with Crippen molar-refractivity contribution in [2.45, 2.75) is 32.3 Å².